The quantitative estimate of drug-likeness (QED) is 0.887. The van der Waals surface area contributed by atoms with Gasteiger partial charge in [-0.2, -0.15) is 0 Å². The van der Waals surface area contributed by atoms with E-state index in [-0.39, 0.29) is 0 Å². The average molecular weight is 244 g/mol. The molecule has 1 aromatic carbocycles. The lowest BCUT2D eigenvalue weighted by molar-refractivity contribution is 0.538. The number of benzene rings is 1. The van der Waals surface area contributed by atoms with Crippen LogP contribution in [-0.2, 0) is 6.42 Å². The van der Waals surface area contributed by atoms with Gasteiger partial charge in [0, 0.05) is 18.2 Å². The monoisotopic (exact) mass is 244 g/mol. The summed E-state index contributed by atoms with van der Waals surface area (Å²) in [6.45, 7) is 4.39. The highest BCUT2D eigenvalue weighted by Crippen LogP contribution is 2.29. The maximum Gasteiger partial charge on any atom is 0.195 e. The molecule has 96 valence electrons. The minimum absolute atomic E-state index is 0.611. The third kappa shape index (κ3) is 2.09. The Morgan fingerprint density at radius 1 is 1.39 bits per heavy atom. The fourth-order valence-electron chi connectivity index (χ4n) is 2.79. The van der Waals surface area contributed by atoms with Crippen LogP contribution in [-0.4, -0.2) is 11.0 Å². The summed E-state index contributed by atoms with van der Waals surface area (Å²) in [5.74, 6) is 1.58. The molecule has 1 aromatic heterocycles. The van der Waals surface area contributed by atoms with Crippen molar-refractivity contribution in [2.24, 2.45) is 5.92 Å². The summed E-state index contributed by atoms with van der Waals surface area (Å²) in [5.41, 5.74) is 3.01. The highest BCUT2D eigenvalue weighted by Gasteiger charge is 2.23. The fourth-order valence-corrected chi connectivity index (χ4v) is 2.79. The molecule has 0 saturated heterocycles. The molecule has 1 saturated carbocycles. The minimum Gasteiger partial charge on any atom is -0.441 e. The van der Waals surface area contributed by atoms with Crippen molar-refractivity contribution in [3.63, 3.8) is 0 Å². The Kier molecular flexibility index (Phi) is 2.98. The van der Waals surface area contributed by atoms with Gasteiger partial charge in [-0.15, -0.1) is 0 Å². The Bertz CT molecular complexity index is 546. The summed E-state index contributed by atoms with van der Waals surface area (Å²) in [7, 11) is 0. The van der Waals surface area contributed by atoms with E-state index in [1.165, 1.54) is 19.3 Å². The molecule has 1 N–H and O–H groups in total. The molecule has 1 aliphatic carbocycles. The second-order valence-corrected chi connectivity index (χ2v) is 5.30. The summed E-state index contributed by atoms with van der Waals surface area (Å²) >= 11 is 0. The number of aromatic nitrogens is 1. The van der Waals surface area contributed by atoms with Crippen LogP contribution in [0.2, 0.25) is 0 Å². The minimum atomic E-state index is 0.611. The van der Waals surface area contributed by atoms with E-state index in [4.69, 9.17) is 4.42 Å². The molecule has 1 heterocycles. The lowest BCUT2D eigenvalue weighted by Gasteiger charge is -2.18. The van der Waals surface area contributed by atoms with Crippen molar-refractivity contribution in [3.05, 3.63) is 24.1 Å². The summed E-state index contributed by atoms with van der Waals surface area (Å²) in [6.07, 6.45) is 4.80. The van der Waals surface area contributed by atoms with E-state index in [1.807, 2.05) is 6.07 Å². The molecule has 0 amide bonds. The lowest BCUT2D eigenvalue weighted by Crippen LogP contribution is -2.21. The molecular weight excluding hydrogens is 224 g/mol. The van der Waals surface area contributed by atoms with Crippen LogP contribution < -0.4 is 5.32 Å². The third-order valence-corrected chi connectivity index (χ3v) is 3.95. The standard InChI is InChI=1S/C15H20N2O/c1-3-15-17-13-9-11(7-8-14(13)18-15)16-12-6-4-5-10(12)2/h7-10,12,16H,3-6H2,1-2H3. The lowest BCUT2D eigenvalue weighted by atomic mass is 10.1. The second kappa shape index (κ2) is 4.63. The van der Waals surface area contributed by atoms with Gasteiger partial charge < -0.3 is 9.73 Å². The summed E-state index contributed by atoms with van der Waals surface area (Å²) in [6, 6.07) is 6.82. The number of nitrogens with zero attached hydrogens (tertiary/aromatic N) is 1. The molecule has 0 spiro atoms. The number of hydrogen-bond acceptors (Lipinski definition) is 3. The average Bonchev–Trinajstić information content (AvgIpc) is 2.95. The van der Waals surface area contributed by atoms with E-state index in [2.05, 4.69) is 36.3 Å². The Hall–Kier alpha value is -1.51. The number of aryl methyl sites for hydroxylation is 1. The molecule has 0 aliphatic heterocycles. The van der Waals surface area contributed by atoms with Crippen LogP contribution in [0.15, 0.2) is 22.6 Å². The molecule has 2 aromatic rings. The van der Waals surface area contributed by atoms with E-state index < -0.39 is 0 Å². The molecule has 1 aliphatic rings. The fraction of sp³-hybridized carbons (Fsp3) is 0.533. The molecule has 0 radical (unpaired) electrons. The first-order chi connectivity index (χ1) is 8.76. The van der Waals surface area contributed by atoms with Crippen LogP contribution >= 0.6 is 0 Å². The van der Waals surface area contributed by atoms with Crippen LogP contribution in [0.4, 0.5) is 5.69 Å². The Balaban J connectivity index is 1.84. The number of fused-ring (bicyclic) bond motifs is 1. The molecule has 3 rings (SSSR count). The van der Waals surface area contributed by atoms with Crippen molar-refractivity contribution in [1.82, 2.24) is 4.98 Å². The topological polar surface area (TPSA) is 38.1 Å². The third-order valence-electron chi connectivity index (χ3n) is 3.95. The van der Waals surface area contributed by atoms with Crippen molar-refractivity contribution in [3.8, 4) is 0 Å². The maximum atomic E-state index is 5.62. The number of oxazole rings is 1. The summed E-state index contributed by atoms with van der Waals surface area (Å²) in [4.78, 5) is 4.48. The highest BCUT2D eigenvalue weighted by atomic mass is 16.3. The molecule has 0 bridgehead atoms. The zero-order valence-electron chi connectivity index (χ0n) is 11.1. The predicted molar refractivity (Wildman–Crippen MR) is 73.8 cm³/mol. The van der Waals surface area contributed by atoms with E-state index >= 15 is 0 Å². The van der Waals surface area contributed by atoms with E-state index in [0.29, 0.717) is 6.04 Å². The SMILES string of the molecule is CCc1nc2cc(NC3CCCC3C)ccc2o1. The number of anilines is 1. The smallest absolute Gasteiger partial charge is 0.195 e. The van der Waals surface area contributed by atoms with Gasteiger partial charge in [0.05, 0.1) is 0 Å². The van der Waals surface area contributed by atoms with Gasteiger partial charge >= 0.3 is 0 Å². The zero-order chi connectivity index (χ0) is 12.5. The van der Waals surface area contributed by atoms with Crippen LogP contribution in [0, 0.1) is 5.92 Å². The largest absolute Gasteiger partial charge is 0.441 e. The van der Waals surface area contributed by atoms with Gasteiger partial charge in [0.15, 0.2) is 11.5 Å². The first-order valence-electron chi connectivity index (χ1n) is 6.92. The van der Waals surface area contributed by atoms with Crippen LogP contribution in [0.5, 0.6) is 0 Å². The Morgan fingerprint density at radius 2 is 2.28 bits per heavy atom. The predicted octanol–water partition coefficient (Wildman–Crippen LogP) is 3.99. The normalized spacial score (nSPS) is 23.7. The summed E-state index contributed by atoms with van der Waals surface area (Å²) in [5, 5.41) is 3.63. The van der Waals surface area contributed by atoms with Gasteiger partial charge in [0.25, 0.3) is 0 Å². The zero-order valence-corrected chi connectivity index (χ0v) is 11.1. The molecule has 3 nitrogen and oxygen atoms in total. The van der Waals surface area contributed by atoms with Crippen LogP contribution in [0.1, 0.15) is 39.0 Å². The molecule has 2 unspecified atom stereocenters. The van der Waals surface area contributed by atoms with Gasteiger partial charge in [-0.1, -0.05) is 20.3 Å². The van der Waals surface area contributed by atoms with E-state index in [9.17, 15) is 0 Å². The van der Waals surface area contributed by atoms with Crippen molar-refractivity contribution in [2.75, 3.05) is 5.32 Å². The molecule has 3 heteroatoms. The van der Waals surface area contributed by atoms with Crippen molar-refractivity contribution in [1.29, 1.82) is 0 Å². The Morgan fingerprint density at radius 3 is 3.00 bits per heavy atom. The first kappa shape index (κ1) is 11.6. The molecule has 2 atom stereocenters. The van der Waals surface area contributed by atoms with E-state index in [0.717, 1.165) is 35.0 Å². The van der Waals surface area contributed by atoms with Gasteiger partial charge in [0.1, 0.15) is 5.52 Å². The Labute approximate surface area is 108 Å². The van der Waals surface area contributed by atoms with Crippen molar-refractivity contribution in [2.45, 2.75) is 45.6 Å². The number of hydrogen-bond donors (Lipinski definition) is 1. The summed E-state index contributed by atoms with van der Waals surface area (Å²) < 4.78 is 5.62. The second-order valence-electron chi connectivity index (χ2n) is 5.30. The van der Waals surface area contributed by atoms with Crippen LogP contribution in [0.25, 0.3) is 11.1 Å². The first-order valence-corrected chi connectivity index (χ1v) is 6.92. The number of rotatable bonds is 3. The van der Waals surface area contributed by atoms with Crippen molar-refractivity contribution < 1.29 is 4.42 Å². The van der Waals surface area contributed by atoms with Gasteiger partial charge in [-0.25, -0.2) is 4.98 Å². The van der Waals surface area contributed by atoms with Crippen LogP contribution in [0.3, 0.4) is 0 Å². The van der Waals surface area contributed by atoms with Gasteiger partial charge in [-0.3, -0.25) is 0 Å². The maximum absolute atomic E-state index is 5.62. The van der Waals surface area contributed by atoms with Crippen molar-refractivity contribution >= 4 is 16.8 Å². The molecule has 18 heavy (non-hydrogen) atoms. The highest BCUT2D eigenvalue weighted by molar-refractivity contribution is 5.77. The number of nitrogens with one attached hydrogen (secondary N) is 1. The molecule has 1 fully saturated rings. The van der Waals surface area contributed by atoms with Gasteiger partial charge in [0.2, 0.25) is 0 Å². The van der Waals surface area contributed by atoms with E-state index in [1.54, 1.807) is 0 Å². The van der Waals surface area contributed by atoms with Gasteiger partial charge in [-0.05, 0) is 37.0 Å². The molecular formula is C15H20N2O.